The first-order valence-electron chi connectivity index (χ1n) is 11.3. The Hall–Kier alpha value is -4.26. The minimum Gasteiger partial charge on any atom is -0.507 e. The van der Waals surface area contributed by atoms with Crippen molar-refractivity contribution in [3.8, 4) is 11.5 Å². The Morgan fingerprint density at radius 3 is 2.06 bits per heavy atom. The Bertz CT molecular complexity index is 1250. The third kappa shape index (κ3) is 4.57. The summed E-state index contributed by atoms with van der Waals surface area (Å²) in [5.41, 5.74) is 2.67. The first kappa shape index (κ1) is 23.9. The lowest BCUT2D eigenvalue weighted by Crippen LogP contribution is -2.29. The topological polar surface area (TPSA) is 79.3 Å². The number of hydrogen-bond donors (Lipinski definition) is 1. The molecule has 1 unspecified atom stereocenters. The van der Waals surface area contributed by atoms with Crippen LogP contribution in [-0.4, -0.2) is 44.6 Å². The van der Waals surface area contributed by atoms with Crippen molar-refractivity contribution in [1.82, 2.24) is 0 Å². The number of hydrogen-bond acceptors (Lipinski definition) is 6. The fraction of sp³-hybridized carbons (Fsp3) is 0.214. The number of Topliss-reactive ketones (excluding diaryl/α,β-unsaturated/α-hetero) is 1. The Morgan fingerprint density at radius 1 is 0.914 bits per heavy atom. The second-order valence-electron chi connectivity index (χ2n) is 8.31. The molecule has 180 valence electrons. The number of anilines is 2. The third-order valence-electron chi connectivity index (χ3n) is 5.96. The van der Waals surface area contributed by atoms with E-state index in [9.17, 15) is 14.7 Å². The van der Waals surface area contributed by atoms with E-state index in [1.807, 2.05) is 50.2 Å². The molecule has 1 saturated heterocycles. The molecule has 1 fully saturated rings. The fourth-order valence-corrected chi connectivity index (χ4v) is 4.14. The maximum Gasteiger partial charge on any atom is 0.300 e. The van der Waals surface area contributed by atoms with Gasteiger partial charge in [0.15, 0.2) is 0 Å². The highest BCUT2D eigenvalue weighted by atomic mass is 16.5. The minimum absolute atomic E-state index is 0.0339. The van der Waals surface area contributed by atoms with E-state index in [2.05, 4.69) is 0 Å². The van der Waals surface area contributed by atoms with Crippen LogP contribution in [-0.2, 0) is 9.59 Å². The quantitative estimate of drug-likeness (QED) is 0.303. The number of carbonyl (C=O) groups excluding carboxylic acids is 2. The van der Waals surface area contributed by atoms with E-state index in [1.165, 1.54) is 4.90 Å². The van der Waals surface area contributed by atoms with Crippen molar-refractivity contribution in [3.63, 3.8) is 0 Å². The fourth-order valence-electron chi connectivity index (χ4n) is 4.14. The van der Waals surface area contributed by atoms with Gasteiger partial charge in [-0.1, -0.05) is 12.1 Å². The molecule has 0 aromatic heterocycles. The van der Waals surface area contributed by atoms with Crippen LogP contribution < -0.4 is 19.3 Å². The van der Waals surface area contributed by atoms with Gasteiger partial charge in [0.1, 0.15) is 17.3 Å². The van der Waals surface area contributed by atoms with Crippen molar-refractivity contribution in [2.24, 2.45) is 0 Å². The van der Waals surface area contributed by atoms with Gasteiger partial charge >= 0.3 is 0 Å². The molecule has 1 atom stereocenters. The molecule has 1 heterocycles. The predicted molar refractivity (Wildman–Crippen MR) is 136 cm³/mol. The molecule has 0 radical (unpaired) electrons. The molecule has 3 aromatic carbocycles. The second-order valence-corrected chi connectivity index (χ2v) is 8.31. The number of carbonyl (C=O) groups is 2. The molecule has 3 aromatic rings. The smallest absolute Gasteiger partial charge is 0.300 e. The Morgan fingerprint density at radius 2 is 1.51 bits per heavy atom. The first-order valence-corrected chi connectivity index (χ1v) is 11.3. The number of rotatable bonds is 7. The highest BCUT2D eigenvalue weighted by molar-refractivity contribution is 6.51. The van der Waals surface area contributed by atoms with Crippen LogP contribution in [0.1, 0.15) is 24.1 Å². The second kappa shape index (κ2) is 9.93. The molecule has 4 rings (SSSR count). The molecule has 1 aliphatic heterocycles. The zero-order chi connectivity index (χ0) is 25.1. The van der Waals surface area contributed by atoms with E-state index in [0.717, 1.165) is 5.69 Å². The van der Waals surface area contributed by atoms with Gasteiger partial charge < -0.3 is 19.5 Å². The van der Waals surface area contributed by atoms with E-state index >= 15 is 0 Å². The van der Waals surface area contributed by atoms with Crippen LogP contribution in [0.15, 0.2) is 78.4 Å². The summed E-state index contributed by atoms with van der Waals surface area (Å²) in [6.45, 7) is 2.41. The molecular formula is C28H28N2O5. The van der Waals surface area contributed by atoms with Crippen LogP contribution in [0.25, 0.3) is 5.76 Å². The summed E-state index contributed by atoms with van der Waals surface area (Å²) in [7, 11) is 5.42. The standard InChI is InChI=1S/C28H28N2O5/c1-5-35-23-16-12-21(13-17-23)30-25(18-6-10-20(11-7-18)29(2)3)24(27(32)28(30)33)26(31)19-8-14-22(34-4)15-9-19/h6-17,25,31H,5H2,1-4H3/b26-24-. The van der Waals surface area contributed by atoms with Gasteiger partial charge in [-0.25, -0.2) is 0 Å². The summed E-state index contributed by atoms with van der Waals surface area (Å²) in [6.07, 6.45) is 0. The summed E-state index contributed by atoms with van der Waals surface area (Å²) in [5, 5.41) is 11.2. The summed E-state index contributed by atoms with van der Waals surface area (Å²) < 4.78 is 10.7. The molecule has 0 saturated carbocycles. The first-order chi connectivity index (χ1) is 16.8. The average molecular weight is 473 g/mol. The van der Waals surface area contributed by atoms with E-state index < -0.39 is 17.7 Å². The van der Waals surface area contributed by atoms with Gasteiger partial charge in [0, 0.05) is 31.0 Å². The molecular weight excluding hydrogens is 444 g/mol. The average Bonchev–Trinajstić information content (AvgIpc) is 3.14. The number of aliphatic hydroxyl groups excluding tert-OH is 1. The number of nitrogens with zero attached hydrogens (tertiary/aromatic N) is 2. The summed E-state index contributed by atoms with van der Waals surface area (Å²) in [4.78, 5) is 30.0. The predicted octanol–water partition coefficient (Wildman–Crippen LogP) is 4.79. The van der Waals surface area contributed by atoms with Crippen molar-refractivity contribution in [2.75, 3.05) is 37.6 Å². The maximum atomic E-state index is 13.3. The van der Waals surface area contributed by atoms with Gasteiger partial charge in [0.05, 0.1) is 25.3 Å². The van der Waals surface area contributed by atoms with Gasteiger partial charge in [-0.15, -0.1) is 0 Å². The highest BCUT2D eigenvalue weighted by Crippen LogP contribution is 2.42. The molecule has 1 N–H and O–H groups in total. The summed E-state index contributed by atoms with van der Waals surface area (Å²) in [5.74, 6) is -0.397. The maximum absolute atomic E-state index is 13.3. The van der Waals surface area contributed by atoms with E-state index in [4.69, 9.17) is 9.47 Å². The van der Waals surface area contributed by atoms with Gasteiger partial charge in [0.2, 0.25) is 0 Å². The molecule has 0 bridgehead atoms. The zero-order valence-electron chi connectivity index (χ0n) is 20.2. The highest BCUT2D eigenvalue weighted by Gasteiger charge is 2.47. The van der Waals surface area contributed by atoms with Gasteiger partial charge in [-0.2, -0.15) is 0 Å². The van der Waals surface area contributed by atoms with Gasteiger partial charge in [-0.3, -0.25) is 14.5 Å². The van der Waals surface area contributed by atoms with Crippen LogP contribution in [0.3, 0.4) is 0 Å². The van der Waals surface area contributed by atoms with Gasteiger partial charge in [-0.05, 0) is 73.2 Å². The number of ether oxygens (including phenoxy) is 2. The van der Waals surface area contributed by atoms with Crippen LogP contribution >= 0.6 is 0 Å². The normalized spacial score (nSPS) is 16.9. The molecule has 1 aliphatic rings. The van der Waals surface area contributed by atoms with Crippen LogP contribution in [0.2, 0.25) is 0 Å². The lowest BCUT2D eigenvalue weighted by atomic mass is 9.95. The SMILES string of the molecule is CCOc1ccc(N2C(=O)C(=O)/C(=C(\O)c3ccc(OC)cc3)C2c2ccc(N(C)C)cc2)cc1. The van der Waals surface area contributed by atoms with Crippen molar-refractivity contribution in [3.05, 3.63) is 89.5 Å². The minimum atomic E-state index is -0.800. The lowest BCUT2D eigenvalue weighted by Gasteiger charge is -2.26. The van der Waals surface area contributed by atoms with Crippen molar-refractivity contribution in [2.45, 2.75) is 13.0 Å². The Balaban J connectivity index is 1.86. The lowest BCUT2D eigenvalue weighted by molar-refractivity contribution is -0.132. The van der Waals surface area contributed by atoms with Crippen molar-refractivity contribution in [1.29, 1.82) is 0 Å². The third-order valence-corrected chi connectivity index (χ3v) is 5.96. The zero-order valence-corrected chi connectivity index (χ0v) is 20.2. The van der Waals surface area contributed by atoms with Gasteiger partial charge in [0.25, 0.3) is 11.7 Å². The monoisotopic (exact) mass is 472 g/mol. The van der Waals surface area contributed by atoms with Crippen LogP contribution in [0.4, 0.5) is 11.4 Å². The number of amides is 1. The molecule has 1 amide bonds. The Labute approximate surface area is 204 Å². The molecule has 7 nitrogen and oxygen atoms in total. The summed E-state index contributed by atoms with van der Waals surface area (Å²) in [6, 6.07) is 20.5. The van der Waals surface area contributed by atoms with Crippen LogP contribution in [0, 0.1) is 0 Å². The molecule has 35 heavy (non-hydrogen) atoms. The number of methoxy groups -OCH3 is 1. The van der Waals surface area contributed by atoms with Crippen LogP contribution in [0.5, 0.6) is 11.5 Å². The molecule has 0 aliphatic carbocycles. The van der Waals surface area contributed by atoms with E-state index in [0.29, 0.717) is 34.9 Å². The van der Waals surface area contributed by atoms with E-state index in [-0.39, 0.29) is 11.3 Å². The van der Waals surface area contributed by atoms with Crippen molar-refractivity contribution < 1.29 is 24.2 Å². The van der Waals surface area contributed by atoms with Crippen molar-refractivity contribution >= 4 is 28.8 Å². The number of ketones is 1. The summed E-state index contributed by atoms with van der Waals surface area (Å²) >= 11 is 0. The van der Waals surface area contributed by atoms with E-state index in [1.54, 1.807) is 55.6 Å². The number of aliphatic hydroxyl groups is 1. The molecule has 0 spiro atoms. The number of benzene rings is 3. The largest absolute Gasteiger partial charge is 0.507 e. The Kier molecular flexibility index (Phi) is 6.78. The molecule has 7 heteroatoms.